The van der Waals surface area contributed by atoms with Crippen LogP contribution in [0.2, 0.25) is 0 Å². The van der Waals surface area contributed by atoms with Crippen LogP contribution in [0.15, 0.2) is 6.07 Å². The van der Waals surface area contributed by atoms with Gasteiger partial charge >= 0.3 is 0 Å². The van der Waals surface area contributed by atoms with Crippen LogP contribution in [0, 0.1) is 6.92 Å². The SMILES string of the molecule is CCCCNc1nc(C)cc(C(=O)N2CCCCCC2)n1. The summed E-state index contributed by atoms with van der Waals surface area (Å²) in [4.78, 5) is 23.3. The molecule has 0 spiro atoms. The molecule has 5 heteroatoms. The predicted octanol–water partition coefficient (Wildman–Crippen LogP) is 3.01. The van der Waals surface area contributed by atoms with Crippen LogP contribution in [-0.2, 0) is 0 Å². The molecule has 1 fully saturated rings. The number of likely N-dealkylation sites (tertiary alicyclic amines) is 1. The average Bonchev–Trinajstić information content (AvgIpc) is 2.75. The summed E-state index contributed by atoms with van der Waals surface area (Å²) in [5.74, 6) is 0.613. The second-order valence-corrected chi connectivity index (χ2v) is 5.70. The Balaban J connectivity index is 2.08. The van der Waals surface area contributed by atoms with Gasteiger partial charge in [0.15, 0.2) is 0 Å². The molecule has 1 aromatic rings. The van der Waals surface area contributed by atoms with Crippen LogP contribution in [0.3, 0.4) is 0 Å². The van der Waals surface area contributed by atoms with E-state index in [1.54, 1.807) is 6.07 Å². The van der Waals surface area contributed by atoms with Crippen molar-refractivity contribution >= 4 is 11.9 Å². The summed E-state index contributed by atoms with van der Waals surface area (Å²) in [6, 6.07) is 1.79. The largest absolute Gasteiger partial charge is 0.354 e. The summed E-state index contributed by atoms with van der Waals surface area (Å²) in [5, 5.41) is 3.20. The van der Waals surface area contributed by atoms with Crippen molar-refractivity contribution in [1.29, 1.82) is 0 Å². The number of hydrogen-bond donors (Lipinski definition) is 1. The van der Waals surface area contributed by atoms with Gasteiger partial charge in [-0.3, -0.25) is 4.79 Å². The highest BCUT2D eigenvalue weighted by atomic mass is 16.2. The zero-order valence-electron chi connectivity index (χ0n) is 13.2. The first-order valence-corrected chi connectivity index (χ1v) is 8.09. The number of rotatable bonds is 5. The van der Waals surface area contributed by atoms with Crippen molar-refractivity contribution in [2.75, 3.05) is 25.0 Å². The summed E-state index contributed by atoms with van der Waals surface area (Å²) in [6.07, 6.45) is 6.83. The molecule has 1 amide bonds. The predicted molar refractivity (Wildman–Crippen MR) is 84.5 cm³/mol. The summed E-state index contributed by atoms with van der Waals surface area (Å²) >= 11 is 0. The van der Waals surface area contributed by atoms with E-state index in [0.29, 0.717) is 11.6 Å². The number of nitrogens with one attached hydrogen (secondary N) is 1. The lowest BCUT2D eigenvalue weighted by atomic mass is 10.2. The molecule has 0 bridgehead atoms. The molecule has 0 atom stereocenters. The quantitative estimate of drug-likeness (QED) is 0.847. The molecule has 1 aliphatic heterocycles. The Morgan fingerprint density at radius 3 is 2.62 bits per heavy atom. The van der Waals surface area contributed by atoms with E-state index in [1.807, 2.05) is 11.8 Å². The number of anilines is 1. The average molecular weight is 290 g/mol. The minimum Gasteiger partial charge on any atom is -0.354 e. The van der Waals surface area contributed by atoms with E-state index in [9.17, 15) is 4.79 Å². The fraction of sp³-hybridized carbons (Fsp3) is 0.688. The van der Waals surface area contributed by atoms with E-state index >= 15 is 0 Å². The molecule has 2 heterocycles. The fourth-order valence-corrected chi connectivity index (χ4v) is 2.57. The molecule has 116 valence electrons. The van der Waals surface area contributed by atoms with Gasteiger partial charge in [-0.05, 0) is 32.3 Å². The Morgan fingerprint density at radius 1 is 1.24 bits per heavy atom. The Bertz CT molecular complexity index is 467. The number of hydrogen-bond acceptors (Lipinski definition) is 4. The van der Waals surface area contributed by atoms with Crippen LogP contribution in [0.1, 0.15) is 61.6 Å². The summed E-state index contributed by atoms with van der Waals surface area (Å²) in [7, 11) is 0. The second-order valence-electron chi connectivity index (χ2n) is 5.70. The van der Waals surface area contributed by atoms with Gasteiger partial charge in [-0.15, -0.1) is 0 Å². The minimum absolute atomic E-state index is 0.0425. The smallest absolute Gasteiger partial charge is 0.272 e. The number of nitrogens with zero attached hydrogens (tertiary/aromatic N) is 3. The molecular formula is C16H26N4O. The van der Waals surface area contributed by atoms with E-state index in [-0.39, 0.29) is 5.91 Å². The highest BCUT2D eigenvalue weighted by Crippen LogP contribution is 2.14. The third kappa shape index (κ3) is 4.69. The van der Waals surface area contributed by atoms with Crippen molar-refractivity contribution in [3.63, 3.8) is 0 Å². The van der Waals surface area contributed by atoms with Crippen LogP contribution in [0.4, 0.5) is 5.95 Å². The molecule has 1 aromatic heterocycles. The number of amides is 1. The van der Waals surface area contributed by atoms with Gasteiger partial charge in [-0.2, -0.15) is 0 Å². The van der Waals surface area contributed by atoms with Crippen molar-refractivity contribution < 1.29 is 4.79 Å². The zero-order valence-corrected chi connectivity index (χ0v) is 13.2. The molecule has 2 rings (SSSR count). The lowest BCUT2D eigenvalue weighted by molar-refractivity contribution is 0.0755. The van der Waals surface area contributed by atoms with Crippen LogP contribution in [0.25, 0.3) is 0 Å². The molecule has 0 unspecified atom stereocenters. The van der Waals surface area contributed by atoms with E-state index in [1.165, 1.54) is 12.8 Å². The first-order valence-electron chi connectivity index (χ1n) is 8.09. The zero-order chi connectivity index (χ0) is 15.1. The molecule has 0 radical (unpaired) electrons. The molecule has 5 nitrogen and oxygen atoms in total. The maximum atomic E-state index is 12.6. The van der Waals surface area contributed by atoms with Crippen molar-refractivity contribution in [2.24, 2.45) is 0 Å². The Hall–Kier alpha value is -1.65. The third-order valence-electron chi connectivity index (χ3n) is 3.78. The number of carbonyl (C=O) groups excluding carboxylic acids is 1. The van der Waals surface area contributed by atoms with Gasteiger partial charge in [-0.1, -0.05) is 26.2 Å². The van der Waals surface area contributed by atoms with Crippen molar-refractivity contribution in [3.05, 3.63) is 17.5 Å². The highest BCUT2D eigenvalue weighted by molar-refractivity contribution is 5.92. The number of carbonyl (C=O) groups is 1. The maximum Gasteiger partial charge on any atom is 0.272 e. The number of aryl methyl sites for hydroxylation is 1. The molecule has 21 heavy (non-hydrogen) atoms. The van der Waals surface area contributed by atoms with E-state index in [0.717, 1.165) is 51.0 Å². The lowest BCUT2D eigenvalue weighted by Gasteiger charge is -2.20. The van der Waals surface area contributed by atoms with Crippen LogP contribution >= 0.6 is 0 Å². The standard InChI is InChI=1S/C16H26N4O/c1-3-4-9-17-16-18-13(2)12-14(19-16)15(21)20-10-7-5-6-8-11-20/h12H,3-11H2,1-2H3,(H,17,18,19). The van der Waals surface area contributed by atoms with Crippen molar-refractivity contribution in [1.82, 2.24) is 14.9 Å². The maximum absolute atomic E-state index is 12.6. The third-order valence-corrected chi connectivity index (χ3v) is 3.78. The van der Waals surface area contributed by atoms with Crippen molar-refractivity contribution in [3.8, 4) is 0 Å². The van der Waals surface area contributed by atoms with Crippen LogP contribution < -0.4 is 5.32 Å². The molecule has 1 saturated heterocycles. The van der Waals surface area contributed by atoms with E-state index in [4.69, 9.17) is 0 Å². The minimum atomic E-state index is 0.0425. The molecule has 1 N–H and O–H groups in total. The van der Waals surface area contributed by atoms with Crippen LogP contribution in [0.5, 0.6) is 0 Å². The van der Waals surface area contributed by atoms with Crippen LogP contribution in [-0.4, -0.2) is 40.4 Å². The molecular weight excluding hydrogens is 264 g/mol. The summed E-state index contributed by atoms with van der Waals surface area (Å²) in [6.45, 7) is 6.59. The van der Waals surface area contributed by atoms with Gasteiger partial charge in [0.2, 0.25) is 5.95 Å². The summed E-state index contributed by atoms with van der Waals surface area (Å²) in [5.41, 5.74) is 1.35. The Kier molecular flexibility index (Phi) is 5.96. The highest BCUT2D eigenvalue weighted by Gasteiger charge is 2.19. The lowest BCUT2D eigenvalue weighted by Crippen LogP contribution is -2.32. The topological polar surface area (TPSA) is 58.1 Å². The first-order chi connectivity index (χ1) is 10.2. The monoisotopic (exact) mass is 290 g/mol. The van der Waals surface area contributed by atoms with E-state index in [2.05, 4.69) is 22.2 Å². The van der Waals surface area contributed by atoms with Gasteiger partial charge in [0.25, 0.3) is 5.91 Å². The Labute approximate surface area is 127 Å². The van der Waals surface area contributed by atoms with Gasteiger partial charge in [0, 0.05) is 25.3 Å². The molecule has 1 aliphatic rings. The summed E-state index contributed by atoms with van der Waals surface area (Å²) < 4.78 is 0. The first kappa shape index (κ1) is 15.7. The van der Waals surface area contributed by atoms with Gasteiger partial charge < -0.3 is 10.2 Å². The van der Waals surface area contributed by atoms with E-state index < -0.39 is 0 Å². The number of aromatic nitrogens is 2. The fourth-order valence-electron chi connectivity index (χ4n) is 2.57. The number of unbranched alkanes of at least 4 members (excludes halogenated alkanes) is 1. The second kappa shape index (κ2) is 7.96. The molecule has 0 aliphatic carbocycles. The van der Waals surface area contributed by atoms with Gasteiger partial charge in [0.1, 0.15) is 5.69 Å². The molecule has 0 saturated carbocycles. The van der Waals surface area contributed by atoms with Crippen molar-refractivity contribution in [2.45, 2.75) is 52.4 Å². The Morgan fingerprint density at radius 2 is 1.95 bits per heavy atom. The molecule has 0 aromatic carbocycles. The van der Waals surface area contributed by atoms with Gasteiger partial charge in [-0.25, -0.2) is 9.97 Å². The van der Waals surface area contributed by atoms with Gasteiger partial charge in [0.05, 0.1) is 0 Å². The normalized spacial score (nSPS) is 15.6.